The number of fused-ring (bicyclic) bond motifs is 2. The molecule has 1 aromatic rings. The van der Waals surface area contributed by atoms with Crippen molar-refractivity contribution in [3.05, 3.63) is 5.82 Å². The predicted molar refractivity (Wildman–Crippen MR) is 108 cm³/mol. The van der Waals surface area contributed by atoms with Crippen molar-refractivity contribution in [1.82, 2.24) is 25.4 Å². The Labute approximate surface area is 166 Å². The first-order valence-corrected chi connectivity index (χ1v) is 11.6. The highest BCUT2D eigenvalue weighted by molar-refractivity contribution is 7.98. The Bertz CT molecular complexity index is 657. The van der Waals surface area contributed by atoms with Crippen molar-refractivity contribution in [3.63, 3.8) is 0 Å². The number of thioether (sulfide) groups is 1. The molecule has 0 aromatic carbocycles. The van der Waals surface area contributed by atoms with E-state index >= 15 is 0 Å². The van der Waals surface area contributed by atoms with Crippen LogP contribution in [0.5, 0.6) is 0 Å². The molecule has 7 nitrogen and oxygen atoms in total. The van der Waals surface area contributed by atoms with Gasteiger partial charge in [0.1, 0.15) is 5.82 Å². The molecule has 0 radical (unpaired) electrons. The topological polar surface area (TPSA) is 76.4 Å². The fraction of sp³-hybridized carbons (Fsp3) is 0.842. The van der Waals surface area contributed by atoms with E-state index in [-0.39, 0.29) is 0 Å². The van der Waals surface area contributed by atoms with Crippen LogP contribution in [0.25, 0.3) is 0 Å². The van der Waals surface area contributed by atoms with Gasteiger partial charge in [0.25, 0.3) is 0 Å². The van der Waals surface area contributed by atoms with Gasteiger partial charge in [0.05, 0.1) is 18.2 Å². The van der Waals surface area contributed by atoms with Crippen LogP contribution < -0.4 is 10.6 Å². The summed E-state index contributed by atoms with van der Waals surface area (Å²) in [5.74, 6) is 2.02. The lowest BCUT2D eigenvalue weighted by molar-refractivity contribution is 0.0992. The van der Waals surface area contributed by atoms with Gasteiger partial charge in [-0.3, -0.25) is 4.99 Å². The Morgan fingerprint density at radius 2 is 2.11 bits per heavy atom. The normalized spacial score (nSPS) is 28.2. The third-order valence-electron chi connectivity index (χ3n) is 6.13. The molecule has 2 saturated heterocycles. The van der Waals surface area contributed by atoms with E-state index in [1.165, 1.54) is 38.5 Å². The molecular formula is C19H32N6OS. The van der Waals surface area contributed by atoms with E-state index < -0.39 is 0 Å². The average molecular weight is 393 g/mol. The molecule has 3 unspecified atom stereocenters. The highest BCUT2D eigenvalue weighted by Gasteiger charge is 2.41. The second kappa shape index (κ2) is 8.82. The maximum Gasteiger partial charge on any atom is 0.191 e. The molecule has 1 aliphatic carbocycles. The molecule has 0 spiro atoms. The van der Waals surface area contributed by atoms with Crippen molar-refractivity contribution in [2.75, 3.05) is 19.8 Å². The molecule has 27 heavy (non-hydrogen) atoms. The number of aliphatic imine (C=N–C) groups is 1. The molecule has 1 aromatic heterocycles. The zero-order valence-electron chi connectivity index (χ0n) is 16.5. The molecule has 4 rings (SSSR count). The summed E-state index contributed by atoms with van der Waals surface area (Å²) in [6.07, 6.45) is 13.6. The van der Waals surface area contributed by atoms with Crippen molar-refractivity contribution in [2.45, 2.75) is 87.2 Å². The van der Waals surface area contributed by atoms with Crippen molar-refractivity contribution in [3.8, 4) is 0 Å². The third kappa shape index (κ3) is 4.26. The summed E-state index contributed by atoms with van der Waals surface area (Å²) in [7, 11) is 1.84. The lowest BCUT2D eigenvalue weighted by Gasteiger charge is -2.22. The van der Waals surface area contributed by atoms with Gasteiger partial charge in [-0.25, -0.2) is 0 Å². The van der Waals surface area contributed by atoms with Crippen LogP contribution in [0.4, 0.5) is 0 Å². The van der Waals surface area contributed by atoms with Crippen LogP contribution in [0, 0.1) is 0 Å². The second-order valence-corrected chi connectivity index (χ2v) is 8.65. The molecule has 2 N–H and O–H groups in total. The summed E-state index contributed by atoms with van der Waals surface area (Å²) in [6.45, 7) is 0.882. The molecule has 2 bridgehead atoms. The highest BCUT2D eigenvalue weighted by Crippen LogP contribution is 2.34. The number of nitrogens with one attached hydrogen (secondary N) is 2. The van der Waals surface area contributed by atoms with Gasteiger partial charge >= 0.3 is 0 Å². The van der Waals surface area contributed by atoms with Gasteiger partial charge in [0.2, 0.25) is 0 Å². The molecule has 2 aliphatic heterocycles. The van der Waals surface area contributed by atoms with Crippen LogP contribution in [0.1, 0.15) is 63.2 Å². The van der Waals surface area contributed by atoms with Crippen LogP contribution in [-0.2, 0) is 11.2 Å². The number of ether oxygens (including phenoxy) is 1. The standard InChI is InChI=1S/C19H32N6OS/c1-20-18(22-15-12-14-9-10-16(15)26-14)21-11-5-8-17-23-24-19(27-2)25(17)13-6-3-4-7-13/h13-16H,3-12H2,1-2H3,(H2,20,21,22). The first-order chi connectivity index (χ1) is 13.3. The van der Waals surface area contributed by atoms with Gasteiger partial charge in [0, 0.05) is 26.1 Å². The summed E-state index contributed by atoms with van der Waals surface area (Å²) in [4.78, 5) is 4.38. The zero-order valence-corrected chi connectivity index (χ0v) is 17.3. The molecule has 150 valence electrons. The van der Waals surface area contributed by atoms with E-state index in [1.54, 1.807) is 11.8 Å². The highest BCUT2D eigenvalue weighted by atomic mass is 32.2. The van der Waals surface area contributed by atoms with Crippen LogP contribution in [-0.4, -0.2) is 58.8 Å². The summed E-state index contributed by atoms with van der Waals surface area (Å²) in [5.41, 5.74) is 0. The predicted octanol–water partition coefficient (Wildman–Crippen LogP) is 2.53. The number of guanidine groups is 1. The molecule has 8 heteroatoms. The monoisotopic (exact) mass is 392 g/mol. The van der Waals surface area contributed by atoms with Crippen LogP contribution >= 0.6 is 11.8 Å². The summed E-state index contributed by atoms with van der Waals surface area (Å²) >= 11 is 1.71. The Kier molecular flexibility index (Phi) is 6.22. The van der Waals surface area contributed by atoms with Crippen molar-refractivity contribution >= 4 is 17.7 Å². The van der Waals surface area contributed by atoms with Crippen molar-refractivity contribution in [2.24, 2.45) is 4.99 Å². The molecule has 0 amide bonds. The Hall–Kier alpha value is -1.28. The van der Waals surface area contributed by atoms with Gasteiger partial charge in [0.15, 0.2) is 11.1 Å². The molecule has 3 atom stereocenters. The number of rotatable bonds is 7. The van der Waals surface area contributed by atoms with Crippen molar-refractivity contribution < 1.29 is 4.74 Å². The lowest BCUT2D eigenvalue weighted by Crippen LogP contribution is -2.47. The van der Waals surface area contributed by atoms with E-state index in [9.17, 15) is 0 Å². The first kappa shape index (κ1) is 19.1. The first-order valence-electron chi connectivity index (χ1n) is 10.4. The van der Waals surface area contributed by atoms with Crippen LogP contribution in [0.2, 0.25) is 0 Å². The number of hydrogen-bond acceptors (Lipinski definition) is 5. The average Bonchev–Trinajstić information content (AvgIpc) is 3.47. The van der Waals surface area contributed by atoms with Gasteiger partial charge in [-0.15, -0.1) is 10.2 Å². The molecule has 3 fully saturated rings. The van der Waals surface area contributed by atoms with E-state index in [1.807, 2.05) is 7.05 Å². The third-order valence-corrected chi connectivity index (χ3v) is 6.77. The SMILES string of the molecule is CN=C(NCCCc1nnc(SC)n1C1CCCC1)NC1CC2CCC1O2. The molecule has 3 aliphatic rings. The van der Waals surface area contributed by atoms with E-state index in [0.29, 0.717) is 24.3 Å². The smallest absolute Gasteiger partial charge is 0.191 e. The summed E-state index contributed by atoms with van der Waals surface area (Å²) in [6, 6.07) is 1.00. The van der Waals surface area contributed by atoms with Crippen molar-refractivity contribution in [1.29, 1.82) is 0 Å². The zero-order chi connectivity index (χ0) is 18.6. The van der Waals surface area contributed by atoms with Gasteiger partial charge in [-0.05, 0) is 44.8 Å². The number of nitrogens with zero attached hydrogens (tertiary/aromatic N) is 4. The fourth-order valence-electron chi connectivity index (χ4n) is 4.76. The number of aromatic nitrogens is 3. The maximum absolute atomic E-state index is 5.92. The molecular weight excluding hydrogens is 360 g/mol. The minimum atomic E-state index is 0.364. The van der Waals surface area contributed by atoms with Gasteiger partial charge < -0.3 is 19.9 Å². The second-order valence-electron chi connectivity index (χ2n) is 7.87. The minimum Gasteiger partial charge on any atom is -0.373 e. The summed E-state index contributed by atoms with van der Waals surface area (Å²) in [5, 5.41) is 17.0. The fourth-order valence-corrected chi connectivity index (χ4v) is 5.33. The Morgan fingerprint density at radius 3 is 2.78 bits per heavy atom. The molecule has 3 heterocycles. The van der Waals surface area contributed by atoms with Crippen LogP contribution in [0.3, 0.4) is 0 Å². The quantitative estimate of drug-likeness (QED) is 0.321. The number of aryl methyl sites for hydroxylation is 1. The molecule has 1 saturated carbocycles. The van der Waals surface area contributed by atoms with Gasteiger partial charge in [-0.1, -0.05) is 24.6 Å². The van der Waals surface area contributed by atoms with E-state index in [0.717, 1.165) is 42.7 Å². The Balaban J connectivity index is 1.25. The van der Waals surface area contributed by atoms with Gasteiger partial charge in [-0.2, -0.15) is 0 Å². The van der Waals surface area contributed by atoms with Crippen LogP contribution in [0.15, 0.2) is 10.1 Å². The maximum atomic E-state index is 5.92. The summed E-state index contributed by atoms with van der Waals surface area (Å²) < 4.78 is 8.32. The number of hydrogen-bond donors (Lipinski definition) is 2. The lowest BCUT2D eigenvalue weighted by atomic mass is 9.96. The van der Waals surface area contributed by atoms with E-state index in [4.69, 9.17) is 4.74 Å². The van der Waals surface area contributed by atoms with E-state index in [2.05, 4.69) is 36.6 Å². The minimum absolute atomic E-state index is 0.364. The Morgan fingerprint density at radius 1 is 1.26 bits per heavy atom. The largest absolute Gasteiger partial charge is 0.373 e.